The van der Waals surface area contributed by atoms with Gasteiger partial charge in [-0.1, -0.05) is 6.07 Å². The van der Waals surface area contributed by atoms with Crippen molar-refractivity contribution in [1.29, 1.82) is 0 Å². The van der Waals surface area contributed by atoms with Crippen LogP contribution in [-0.4, -0.2) is 40.3 Å². The van der Waals surface area contributed by atoms with E-state index < -0.39 is 0 Å². The molecule has 3 nitrogen and oxygen atoms in total. The Morgan fingerprint density at radius 2 is 2.14 bits per heavy atom. The van der Waals surface area contributed by atoms with Crippen molar-refractivity contribution in [3.8, 4) is 5.75 Å². The Kier molecular flexibility index (Phi) is 2.47. The zero-order valence-electron chi connectivity index (χ0n) is 13.5. The Balaban J connectivity index is 1.72. The van der Waals surface area contributed by atoms with Crippen LogP contribution in [-0.2, 0) is 16.6 Å². The number of nitrogens with zero attached hydrogens (tertiary/aromatic N) is 1. The summed E-state index contributed by atoms with van der Waals surface area (Å²) in [7, 11) is 0. The molecule has 3 fully saturated rings. The molecule has 22 heavy (non-hydrogen) atoms. The minimum absolute atomic E-state index is 0.0921. The summed E-state index contributed by atoms with van der Waals surface area (Å²) < 4.78 is 6.59. The highest BCUT2D eigenvalue weighted by Crippen LogP contribution is 2.61. The maximum Gasteiger partial charge on any atom is 0.115 e. The molecule has 0 spiro atoms. The monoisotopic (exact) mass is 299 g/mol. The first-order valence-electron chi connectivity index (χ1n) is 8.79. The maximum atomic E-state index is 10.1. The van der Waals surface area contributed by atoms with Crippen LogP contribution in [0.25, 0.3) is 0 Å². The maximum absolute atomic E-state index is 10.1. The second-order valence-corrected chi connectivity index (χ2v) is 8.10. The molecule has 118 valence electrons. The van der Waals surface area contributed by atoms with E-state index in [1.54, 1.807) is 0 Å². The standard InChI is InChI=1S/C19H25NO2/c1-12-11-19-7-8-20(14-4-5-14)17(18(19,2)22-12)9-13-3-6-15(21)10-16(13)19/h3,6,10,12,14,17,21H,4-5,7-9,11H2,1-2H3/t12?,17-,18-,19-/m1/s1. The van der Waals surface area contributed by atoms with Gasteiger partial charge in [0, 0.05) is 17.5 Å². The molecule has 2 bridgehead atoms. The van der Waals surface area contributed by atoms with Crippen LogP contribution in [0.1, 0.15) is 50.7 Å². The lowest BCUT2D eigenvalue weighted by Gasteiger charge is -2.59. The summed E-state index contributed by atoms with van der Waals surface area (Å²) in [6, 6.07) is 7.32. The van der Waals surface area contributed by atoms with Crippen LogP contribution in [0.15, 0.2) is 18.2 Å². The molecule has 2 saturated heterocycles. The predicted molar refractivity (Wildman–Crippen MR) is 85.2 cm³/mol. The van der Waals surface area contributed by atoms with Crippen LogP contribution >= 0.6 is 0 Å². The van der Waals surface area contributed by atoms with Crippen LogP contribution in [0.5, 0.6) is 5.75 Å². The van der Waals surface area contributed by atoms with E-state index in [-0.39, 0.29) is 11.0 Å². The lowest BCUT2D eigenvalue weighted by molar-refractivity contribution is -0.137. The third kappa shape index (κ3) is 1.49. The molecule has 0 aromatic heterocycles. The zero-order valence-corrected chi connectivity index (χ0v) is 13.5. The Labute approximate surface area is 132 Å². The molecule has 4 aliphatic rings. The number of phenols is 1. The highest BCUT2D eigenvalue weighted by Gasteiger charge is 2.66. The summed E-state index contributed by atoms with van der Waals surface area (Å²) in [6.45, 7) is 5.76. The fourth-order valence-electron chi connectivity index (χ4n) is 5.87. The first-order valence-corrected chi connectivity index (χ1v) is 8.79. The number of fused-ring (bicyclic) bond motifs is 1. The molecule has 1 aromatic rings. The third-order valence-corrected chi connectivity index (χ3v) is 6.90. The van der Waals surface area contributed by atoms with E-state index in [1.165, 1.54) is 30.5 Å². The van der Waals surface area contributed by atoms with Crippen LogP contribution in [0, 0.1) is 0 Å². The molecule has 2 heterocycles. The number of likely N-dealkylation sites (tertiary alicyclic amines) is 1. The van der Waals surface area contributed by atoms with Crippen molar-refractivity contribution in [2.24, 2.45) is 0 Å². The van der Waals surface area contributed by atoms with E-state index in [2.05, 4.69) is 24.8 Å². The Morgan fingerprint density at radius 1 is 1.32 bits per heavy atom. The third-order valence-electron chi connectivity index (χ3n) is 6.90. The summed E-state index contributed by atoms with van der Waals surface area (Å²) in [5.74, 6) is 0.401. The number of rotatable bonds is 1. The van der Waals surface area contributed by atoms with Gasteiger partial charge in [0.2, 0.25) is 0 Å². The predicted octanol–water partition coefficient (Wildman–Crippen LogP) is 2.99. The molecule has 2 aliphatic carbocycles. The molecule has 1 N–H and O–H groups in total. The van der Waals surface area contributed by atoms with Crippen LogP contribution in [0.3, 0.4) is 0 Å². The van der Waals surface area contributed by atoms with Gasteiger partial charge < -0.3 is 9.84 Å². The number of piperidine rings is 1. The van der Waals surface area contributed by atoms with Gasteiger partial charge in [0.1, 0.15) is 5.75 Å². The minimum atomic E-state index is -0.103. The van der Waals surface area contributed by atoms with Gasteiger partial charge >= 0.3 is 0 Å². The number of hydrogen-bond donors (Lipinski definition) is 1. The molecule has 0 amide bonds. The smallest absolute Gasteiger partial charge is 0.115 e. The lowest BCUT2D eigenvalue weighted by atomic mass is 9.55. The number of aromatic hydroxyl groups is 1. The van der Waals surface area contributed by atoms with Gasteiger partial charge in [0.05, 0.1) is 11.7 Å². The molecule has 5 rings (SSSR count). The Bertz CT molecular complexity index is 640. The van der Waals surface area contributed by atoms with Gasteiger partial charge in [0.15, 0.2) is 0 Å². The van der Waals surface area contributed by atoms with Gasteiger partial charge in [0.25, 0.3) is 0 Å². The second kappa shape index (κ2) is 4.07. The fourth-order valence-corrected chi connectivity index (χ4v) is 5.87. The molecule has 1 unspecified atom stereocenters. The first-order chi connectivity index (χ1) is 10.5. The molecule has 0 radical (unpaired) electrons. The van der Waals surface area contributed by atoms with Crippen molar-refractivity contribution in [2.45, 2.75) is 75.2 Å². The normalized spacial score (nSPS) is 43.7. The van der Waals surface area contributed by atoms with Crippen LogP contribution in [0.4, 0.5) is 0 Å². The molecular formula is C19H25NO2. The fraction of sp³-hybridized carbons (Fsp3) is 0.684. The zero-order chi connectivity index (χ0) is 15.1. The van der Waals surface area contributed by atoms with E-state index in [9.17, 15) is 5.11 Å². The van der Waals surface area contributed by atoms with E-state index in [0.29, 0.717) is 17.9 Å². The average molecular weight is 299 g/mol. The highest BCUT2D eigenvalue weighted by molar-refractivity contribution is 5.48. The van der Waals surface area contributed by atoms with Crippen molar-refractivity contribution < 1.29 is 9.84 Å². The van der Waals surface area contributed by atoms with Crippen molar-refractivity contribution >= 4 is 0 Å². The number of benzene rings is 1. The van der Waals surface area contributed by atoms with E-state index >= 15 is 0 Å². The summed E-state index contributed by atoms with van der Waals surface area (Å²) in [6.07, 6.45) is 6.35. The van der Waals surface area contributed by atoms with Gasteiger partial charge in [-0.05, 0) is 75.8 Å². The van der Waals surface area contributed by atoms with Gasteiger partial charge in [-0.2, -0.15) is 0 Å². The Morgan fingerprint density at radius 3 is 2.91 bits per heavy atom. The molecule has 1 aromatic carbocycles. The summed E-state index contributed by atoms with van der Waals surface area (Å²) in [5, 5.41) is 10.1. The summed E-state index contributed by atoms with van der Waals surface area (Å²) in [5.41, 5.74) is 2.79. The van der Waals surface area contributed by atoms with Gasteiger partial charge in [-0.15, -0.1) is 0 Å². The van der Waals surface area contributed by atoms with Crippen molar-refractivity contribution in [3.05, 3.63) is 29.3 Å². The summed E-state index contributed by atoms with van der Waals surface area (Å²) >= 11 is 0. The highest BCUT2D eigenvalue weighted by atomic mass is 16.5. The van der Waals surface area contributed by atoms with Crippen LogP contribution < -0.4 is 0 Å². The number of phenolic OH excluding ortho intramolecular Hbond substituents is 1. The van der Waals surface area contributed by atoms with Crippen molar-refractivity contribution in [1.82, 2.24) is 4.90 Å². The number of ether oxygens (including phenoxy) is 1. The van der Waals surface area contributed by atoms with Crippen molar-refractivity contribution in [3.63, 3.8) is 0 Å². The quantitative estimate of drug-likeness (QED) is 0.865. The van der Waals surface area contributed by atoms with E-state index in [1.807, 2.05) is 12.1 Å². The molecule has 2 aliphatic heterocycles. The molecule has 1 saturated carbocycles. The van der Waals surface area contributed by atoms with Gasteiger partial charge in [-0.3, -0.25) is 4.90 Å². The topological polar surface area (TPSA) is 32.7 Å². The molecule has 3 heteroatoms. The van der Waals surface area contributed by atoms with Gasteiger partial charge in [-0.25, -0.2) is 0 Å². The minimum Gasteiger partial charge on any atom is -0.508 e. The van der Waals surface area contributed by atoms with Crippen molar-refractivity contribution in [2.75, 3.05) is 6.54 Å². The van der Waals surface area contributed by atoms with E-state index in [4.69, 9.17) is 4.74 Å². The van der Waals surface area contributed by atoms with E-state index in [0.717, 1.165) is 25.3 Å². The Hall–Kier alpha value is -1.06. The lowest BCUT2D eigenvalue weighted by Crippen LogP contribution is -2.68. The average Bonchev–Trinajstić information content (AvgIpc) is 3.23. The molecule has 4 atom stereocenters. The largest absolute Gasteiger partial charge is 0.508 e. The number of hydrogen-bond acceptors (Lipinski definition) is 3. The van der Waals surface area contributed by atoms with Crippen LogP contribution in [0.2, 0.25) is 0 Å². The molecular weight excluding hydrogens is 274 g/mol. The first kappa shape index (κ1) is 13.4. The second-order valence-electron chi connectivity index (χ2n) is 8.10. The SMILES string of the molecule is CC1C[C@]23CCN(C4CC4)[C@H](Cc4ccc(O)cc42)[C@@]3(C)O1. The summed E-state index contributed by atoms with van der Waals surface area (Å²) in [4.78, 5) is 2.74.